The molecule has 1 N–H and O–H groups in total. The van der Waals surface area contributed by atoms with Gasteiger partial charge in [0.05, 0.1) is 11.9 Å². The Balaban J connectivity index is 1.58. The molecule has 9 heteroatoms. The molecule has 1 atom stereocenters. The van der Waals surface area contributed by atoms with E-state index in [0.29, 0.717) is 18.5 Å². The van der Waals surface area contributed by atoms with E-state index < -0.39 is 16.1 Å². The third-order valence-corrected chi connectivity index (χ3v) is 9.38. The number of aryl methyl sites for hydroxylation is 1. The van der Waals surface area contributed by atoms with Crippen molar-refractivity contribution in [1.29, 1.82) is 0 Å². The van der Waals surface area contributed by atoms with Crippen molar-refractivity contribution in [3.05, 3.63) is 100 Å². The zero-order chi connectivity index (χ0) is 30.1. The third-order valence-electron chi connectivity index (χ3n) is 7.69. The average Bonchev–Trinajstić information content (AvgIpc) is 3.46. The Labute approximate surface area is 258 Å². The first-order chi connectivity index (χ1) is 20.1. The molecular formula is C33H40BrN3O4S. The van der Waals surface area contributed by atoms with Crippen LogP contribution >= 0.6 is 15.9 Å². The minimum atomic E-state index is -3.55. The molecular weight excluding hydrogens is 614 g/mol. The number of carbonyl (C=O) groups is 2. The normalized spacial score (nSPS) is 14.4. The summed E-state index contributed by atoms with van der Waals surface area (Å²) in [5.74, 6) is -0.332. The highest BCUT2D eigenvalue weighted by atomic mass is 79.9. The van der Waals surface area contributed by atoms with Gasteiger partial charge in [-0.1, -0.05) is 88.9 Å². The zero-order valence-corrected chi connectivity index (χ0v) is 26.7. The van der Waals surface area contributed by atoms with E-state index in [9.17, 15) is 18.0 Å². The van der Waals surface area contributed by atoms with E-state index >= 15 is 0 Å². The van der Waals surface area contributed by atoms with Crippen molar-refractivity contribution in [2.24, 2.45) is 0 Å². The number of halogens is 1. The second kappa shape index (κ2) is 14.8. The van der Waals surface area contributed by atoms with Crippen LogP contribution in [0.25, 0.3) is 0 Å². The standard InChI is InChI=1S/C33H40BrN3O4S/c1-25-17-19-30(20-18-25)37(42(2,40)41)21-9-16-32(38)36(24-27-12-8-13-28(34)22-27)31(23-26-10-4-3-5-11-26)33(39)35-29-14-6-7-15-29/h3-5,8,10-13,17-20,22,29,31H,6-7,9,14-16,21,23-24H2,1-2H3,(H,35,39)/t31-/m0/s1. The Morgan fingerprint density at radius 2 is 1.62 bits per heavy atom. The van der Waals surface area contributed by atoms with Crippen LogP contribution in [-0.4, -0.2) is 50.0 Å². The average molecular weight is 655 g/mol. The number of hydrogen-bond donors (Lipinski definition) is 1. The molecule has 4 rings (SSSR count). The van der Waals surface area contributed by atoms with Gasteiger partial charge in [0.2, 0.25) is 21.8 Å². The molecule has 0 spiro atoms. The van der Waals surface area contributed by atoms with Crippen LogP contribution in [-0.2, 0) is 32.6 Å². The fourth-order valence-corrected chi connectivity index (χ4v) is 6.88. The zero-order valence-electron chi connectivity index (χ0n) is 24.3. The van der Waals surface area contributed by atoms with Gasteiger partial charge >= 0.3 is 0 Å². The van der Waals surface area contributed by atoms with Crippen molar-refractivity contribution in [1.82, 2.24) is 10.2 Å². The van der Waals surface area contributed by atoms with Crippen LogP contribution in [0.15, 0.2) is 83.3 Å². The summed E-state index contributed by atoms with van der Waals surface area (Å²) in [6.07, 6.45) is 6.06. The van der Waals surface area contributed by atoms with Crippen LogP contribution in [0.3, 0.4) is 0 Å². The van der Waals surface area contributed by atoms with E-state index in [-0.39, 0.29) is 37.4 Å². The first-order valence-corrected chi connectivity index (χ1v) is 17.2. The summed E-state index contributed by atoms with van der Waals surface area (Å²) < 4.78 is 27.5. The summed E-state index contributed by atoms with van der Waals surface area (Å²) in [4.78, 5) is 29.5. The fourth-order valence-electron chi connectivity index (χ4n) is 5.47. The van der Waals surface area contributed by atoms with E-state index in [1.54, 1.807) is 17.0 Å². The lowest BCUT2D eigenvalue weighted by Gasteiger charge is -2.33. The molecule has 0 radical (unpaired) electrons. The monoisotopic (exact) mass is 653 g/mol. The third kappa shape index (κ3) is 9.16. The number of benzene rings is 3. The molecule has 3 aromatic rings. The number of sulfonamides is 1. The molecule has 224 valence electrons. The number of nitrogens with one attached hydrogen (secondary N) is 1. The summed E-state index contributed by atoms with van der Waals surface area (Å²) in [6.45, 7) is 2.37. The number of anilines is 1. The number of amides is 2. The molecule has 0 aromatic heterocycles. The van der Waals surface area contributed by atoms with Gasteiger partial charge in [0.15, 0.2) is 0 Å². The maximum Gasteiger partial charge on any atom is 0.243 e. The van der Waals surface area contributed by atoms with Gasteiger partial charge in [-0.15, -0.1) is 0 Å². The summed E-state index contributed by atoms with van der Waals surface area (Å²) in [5, 5.41) is 3.22. The molecule has 0 saturated heterocycles. The lowest BCUT2D eigenvalue weighted by Crippen LogP contribution is -2.52. The Morgan fingerprint density at radius 1 is 0.952 bits per heavy atom. The van der Waals surface area contributed by atoms with Crippen molar-refractivity contribution in [3.63, 3.8) is 0 Å². The molecule has 1 saturated carbocycles. The number of nitrogens with zero attached hydrogens (tertiary/aromatic N) is 2. The topological polar surface area (TPSA) is 86.8 Å². The molecule has 7 nitrogen and oxygen atoms in total. The second-order valence-corrected chi connectivity index (χ2v) is 13.9. The van der Waals surface area contributed by atoms with Gasteiger partial charge in [0.25, 0.3) is 0 Å². The predicted octanol–water partition coefficient (Wildman–Crippen LogP) is 6.00. The van der Waals surface area contributed by atoms with E-state index in [4.69, 9.17) is 0 Å². The highest BCUT2D eigenvalue weighted by molar-refractivity contribution is 9.10. The molecule has 0 aliphatic heterocycles. The highest BCUT2D eigenvalue weighted by Crippen LogP contribution is 2.23. The van der Waals surface area contributed by atoms with Crippen molar-refractivity contribution >= 4 is 43.5 Å². The van der Waals surface area contributed by atoms with Gasteiger partial charge in [0, 0.05) is 36.4 Å². The van der Waals surface area contributed by atoms with Crippen LogP contribution in [0.5, 0.6) is 0 Å². The maximum absolute atomic E-state index is 14.0. The molecule has 3 aromatic carbocycles. The molecule has 0 bridgehead atoms. The lowest BCUT2D eigenvalue weighted by molar-refractivity contribution is -0.141. The van der Waals surface area contributed by atoms with Crippen LogP contribution in [0.1, 0.15) is 55.2 Å². The highest BCUT2D eigenvalue weighted by Gasteiger charge is 2.32. The van der Waals surface area contributed by atoms with Crippen LogP contribution in [0.2, 0.25) is 0 Å². The molecule has 2 amide bonds. The molecule has 0 unspecified atom stereocenters. The number of hydrogen-bond acceptors (Lipinski definition) is 4. The lowest BCUT2D eigenvalue weighted by atomic mass is 10.0. The minimum absolute atomic E-state index is 0.105. The van der Waals surface area contributed by atoms with Gasteiger partial charge in [-0.2, -0.15) is 0 Å². The quantitative estimate of drug-likeness (QED) is 0.245. The molecule has 0 heterocycles. The van der Waals surface area contributed by atoms with Gasteiger partial charge < -0.3 is 10.2 Å². The molecule has 1 aliphatic carbocycles. The Kier molecular flexibility index (Phi) is 11.2. The van der Waals surface area contributed by atoms with E-state index in [1.807, 2.05) is 73.7 Å². The second-order valence-electron chi connectivity index (χ2n) is 11.1. The van der Waals surface area contributed by atoms with Crippen LogP contribution < -0.4 is 9.62 Å². The van der Waals surface area contributed by atoms with Gasteiger partial charge in [-0.05, 0) is 61.6 Å². The summed E-state index contributed by atoms with van der Waals surface area (Å²) in [6, 6.07) is 24.2. The van der Waals surface area contributed by atoms with E-state index in [0.717, 1.165) is 46.8 Å². The summed E-state index contributed by atoms with van der Waals surface area (Å²) in [5.41, 5.74) is 3.48. The van der Waals surface area contributed by atoms with Crippen LogP contribution in [0.4, 0.5) is 5.69 Å². The van der Waals surface area contributed by atoms with Crippen molar-refractivity contribution in [2.45, 2.75) is 70.5 Å². The smallest absolute Gasteiger partial charge is 0.243 e. The largest absolute Gasteiger partial charge is 0.352 e. The van der Waals surface area contributed by atoms with Gasteiger partial charge in [-0.3, -0.25) is 13.9 Å². The Bertz CT molecular complexity index is 1440. The Morgan fingerprint density at radius 3 is 2.26 bits per heavy atom. The maximum atomic E-state index is 14.0. The minimum Gasteiger partial charge on any atom is -0.352 e. The predicted molar refractivity (Wildman–Crippen MR) is 172 cm³/mol. The Hall–Kier alpha value is -3.17. The summed E-state index contributed by atoms with van der Waals surface area (Å²) in [7, 11) is -3.55. The summed E-state index contributed by atoms with van der Waals surface area (Å²) >= 11 is 3.53. The van der Waals surface area contributed by atoms with Gasteiger partial charge in [0.1, 0.15) is 6.04 Å². The number of rotatable bonds is 13. The van der Waals surface area contributed by atoms with E-state index in [2.05, 4.69) is 21.2 Å². The molecule has 1 aliphatic rings. The van der Waals surface area contributed by atoms with Crippen molar-refractivity contribution in [2.75, 3.05) is 17.1 Å². The van der Waals surface area contributed by atoms with Crippen LogP contribution in [0, 0.1) is 6.92 Å². The molecule has 1 fully saturated rings. The van der Waals surface area contributed by atoms with Crippen molar-refractivity contribution < 1.29 is 18.0 Å². The fraction of sp³-hybridized carbons (Fsp3) is 0.394. The van der Waals surface area contributed by atoms with Gasteiger partial charge in [-0.25, -0.2) is 8.42 Å². The van der Waals surface area contributed by atoms with Crippen molar-refractivity contribution in [3.8, 4) is 0 Å². The number of carbonyl (C=O) groups excluding carboxylic acids is 2. The SMILES string of the molecule is Cc1ccc(N(CCCC(=O)N(Cc2cccc(Br)c2)[C@@H](Cc2ccccc2)C(=O)NC2CCCC2)S(C)(=O)=O)cc1. The first-order valence-electron chi connectivity index (χ1n) is 14.5. The van der Waals surface area contributed by atoms with E-state index in [1.165, 1.54) is 10.6 Å². The first kappa shape index (κ1) is 31.8. The molecule has 42 heavy (non-hydrogen) atoms.